The molecule has 4 aromatic carbocycles. The van der Waals surface area contributed by atoms with E-state index in [0.29, 0.717) is 16.7 Å². The van der Waals surface area contributed by atoms with Crippen molar-refractivity contribution in [2.75, 3.05) is 0 Å². The number of urea groups is 2. The molecule has 206 valence electrons. The average molecular weight is 568 g/mol. The molecule has 2 aliphatic heterocycles. The molecule has 12 heteroatoms. The summed E-state index contributed by atoms with van der Waals surface area (Å²) in [5, 5.41) is 9.48. The number of carbonyl (C=O) groups is 4. The molecule has 2 fully saturated rings. The highest BCUT2D eigenvalue weighted by Gasteiger charge is 2.57. The normalized spacial score (nSPS) is 22.4. The Kier molecular flexibility index (Phi) is 4.46. The molecule has 6 amide bonds. The highest BCUT2D eigenvalue weighted by Crippen LogP contribution is 2.53. The van der Waals surface area contributed by atoms with Gasteiger partial charge in [0, 0.05) is 33.9 Å². The lowest BCUT2D eigenvalue weighted by molar-refractivity contribution is -0.123. The van der Waals surface area contributed by atoms with Crippen molar-refractivity contribution in [3.63, 3.8) is 0 Å². The molecular formula is C30H15F3N4O5. The number of benzene rings is 4. The molecular weight excluding hydrogens is 553 g/mol. The van der Waals surface area contributed by atoms with Gasteiger partial charge in [0.25, 0.3) is 11.8 Å². The van der Waals surface area contributed by atoms with Gasteiger partial charge in [0.15, 0.2) is 11.1 Å². The number of rotatable bonds is 2. The molecule has 0 saturated carbocycles. The molecule has 2 heterocycles. The minimum absolute atomic E-state index is 0.00502. The van der Waals surface area contributed by atoms with Gasteiger partial charge in [-0.15, -0.1) is 0 Å². The van der Waals surface area contributed by atoms with Gasteiger partial charge >= 0.3 is 12.1 Å². The number of nitrogens with one attached hydrogen (secondary N) is 4. The monoisotopic (exact) mass is 568 g/mol. The SMILES string of the molecule is O=C1NC(=O)C2(N1)c1cc(F)ccc1-c1ccc(Oc3cc(F)c4c(c3)C3(NC(=O)NC3=O)c3cc(F)ccc3-4)cc12. The van der Waals surface area contributed by atoms with Gasteiger partial charge in [0.2, 0.25) is 0 Å². The maximum absolute atomic E-state index is 15.7. The molecule has 2 atom stereocenters. The van der Waals surface area contributed by atoms with Crippen LogP contribution in [-0.2, 0) is 20.7 Å². The first-order valence-electron chi connectivity index (χ1n) is 12.7. The fourth-order valence-electron chi connectivity index (χ4n) is 6.54. The van der Waals surface area contributed by atoms with E-state index < -0.39 is 52.4 Å². The number of ether oxygens (including phenoxy) is 1. The van der Waals surface area contributed by atoms with Gasteiger partial charge in [-0.2, -0.15) is 0 Å². The maximum atomic E-state index is 15.7. The van der Waals surface area contributed by atoms with Crippen molar-refractivity contribution in [3.05, 3.63) is 106 Å². The number of hydrogen-bond acceptors (Lipinski definition) is 5. The van der Waals surface area contributed by atoms with E-state index >= 15 is 4.39 Å². The highest BCUT2D eigenvalue weighted by atomic mass is 19.1. The van der Waals surface area contributed by atoms with E-state index in [1.807, 2.05) is 0 Å². The van der Waals surface area contributed by atoms with E-state index in [1.54, 1.807) is 12.1 Å². The number of imide groups is 2. The Labute approximate surface area is 233 Å². The Morgan fingerprint density at radius 1 is 0.548 bits per heavy atom. The summed E-state index contributed by atoms with van der Waals surface area (Å²) in [6, 6.07) is 13.0. The van der Waals surface area contributed by atoms with Crippen LogP contribution in [0.3, 0.4) is 0 Å². The van der Waals surface area contributed by atoms with E-state index in [9.17, 15) is 28.0 Å². The third-order valence-electron chi connectivity index (χ3n) is 8.17. The summed E-state index contributed by atoms with van der Waals surface area (Å²) < 4.78 is 50.3. The second kappa shape index (κ2) is 7.75. The molecule has 4 N–H and O–H groups in total. The zero-order valence-corrected chi connectivity index (χ0v) is 21.0. The lowest BCUT2D eigenvalue weighted by Crippen LogP contribution is -2.43. The van der Waals surface area contributed by atoms with Crippen molar-refractivity contribution in [3.8, 4) is 33.8 Å². The van der Waals surface area contributed by atoms with E-state index in [0.717, 1.165) is 18.2 Å². The Balaban J connectivity index is 1.26. The molecule has 0 bridgehead atoms. The largest absolute Gasteiger partial charge is 0.457 e. The third-order valence-corrected chi connectivity index (χ3v) is 8.17. The van der Waals surface area contributed by atoms with Crippen LogP contribution in [0.15, 0.2) is 66.7 Å². The van der Waals surface area contributed by atoms with Crippen molar-refractivity contribution >= 4 is 23.9 Å². The summed E-state index contributed by atoms with van der Waals surface area (Å²) in [5.74, 6) is -3.51. The van der Waals surface area contributed by atoms with Crippen LogP contribution in [0.5, 0.6) is 11.5 Å². The van der Waals surface area contributed by atoms with Gasteiger partial charge in [0.05, 0.1) is 0 Å². The van der Waals surface area contributed by atoms with Crippen LogP contribution >= 0.6 is 0 Å². The van der Waals surface area contributed by atoms with Crippen LogP contribution < -0.4 is 26.0 Å². The number of amides is 6. The van der Waals surface area contributed by atoms with Gasteiger partial charge in [0.1, 0.15) is 29.0 Å². The second-order valence-corrected chi connectivity index (χ2v) is 10.3. The van der Waals surface area contributed by atoms with Crippen molar-refractivity contribution in [1.82, 2.24) is 21.3 Å². The standard InChI is InChI=1S/C30H15F3N4O5/c31-12-1-4-16-17-6-3-14(9-21(17)29(19(16)7-12)25(38)34-27(40)36-29)42-15-10-22-24(23(33)11-15)18-5-2-13(32)8-20(18)30(22)26(39)35-28(41)37-30/h1-11H,(H2,34,36,38,40)(H2,35,37,39,41). The molecule has 4 aliphatic rings. The molecule has 2 spiro atoms. The Bertz CT molecular complexity index is 2010. The predicted molar refractivity (Wildman–Crippen MR) is 139 cm³/mol. The van der Waals surface area contributed by atoms with Crippen LogP contribution in [0.4, 0.5) is 22.8 Å². The minimum Gasteiger partial charge on any atom is -0.457 e. The van der Waals surface area contributed by atoms with E-state index in [1.165, 1.54) is 36.4 Å². The molecule has 8 rings (SSSR count). The van der Waals surface area contributed by atoms with Crippen LogP contribution in [0, 0.1) is 17.5 Å². The molecule has 0 aromatic heterocycles. The summed E-state index contributed by atoms with van der Waals surface area (Å²) in [5.41, 5.74) is -1.59. The fraction of sp³-hybridized carbons (Fsp3) is 0.0667. The van der Waals surface area contributed by atoms with Crippen molar-refractivity contribution in [1.29, 1.82) is 0 Å². The lowest BCUT2D eigenvalue weighted by Gasteiger charge is -2.24. The average Bonchev–Trinajstić information content (AvgIpc) is 3.59. The summed E-state index contributed by atoms with van der Waals surface area (Å²) in [6.45, 7) is 0. The minimum atomic E-state index is -1.88. The van der Waals surface area contributed by atoms with Gasteiger partial charge in [-0.05, 0) is 59.2 Å². The van der Waals surface area contributed by atoms with Crippen LogP contribution in [0.25, 0.3) is 22.3 Å². The highest BCUT2D eigenvalue weighted by molar-refractivity contribution is 6.14. The van der Waals surface area contributed by atoms with E-state index in [2.05, 4.69) is 21.3 Å². The quantitative estimate of drug-likeness (QED) is 0.272. The van der Waals surface area contributed by atoms with Crippen LogP contribution in [0.2, 0.25) is 0 Å². The van der Waals surface area contributed by atoms with Crippen LogP contribution in [0.1, 0.15) is 22.3 Å². The van der Waals surface area contributed by atoms with Crippen molar-refractivity contribution in [2.45, 2.75) is 11.1 Å². The number of halogens is 3. The third kappa shape index (κ3) is 2.87. The fourth-order valence-corrected chi connectivity index (χ4v) is 6.54. The predicted octanol–water partition coefficient (Wildman–Crippen LogP) is 4.02. The summed E-state index contributed by atoms with van der Waals surface area (Å²) >= 11 is 0. The maximum Gasteiger partial charge on any atom is 0.322 e. The Morgan fingerprint density at radius 3 is 1.64 bits per heavy atom. The molecule has 42 heavy (non-hydrogen) atoms. The lowest BCUT2D eigenvalue weighted by atomic mass is 9.87. The van der Waals surface area contributed by atoms with Crippen molar-refractivity contribution < 1.29 is 37.1 Å². The first-order chi connectivity index (χ1) is 20.1. The molecule has 0 radical (unpaired) electrons. The number of carbonyl (C=O) groups excluding carboxylic acids is 4. The molecule has 4 aromatic rings. The second-order valence-electron chi connectivity index (χ2n) is 10.3. The first kappa shape index (κ1) is 24.2. The smallest absolute Gasteiger partial charge is 0.322 e. The molecule has 2 saturated heterocycles. The number of fused-ring (bicyclic) bond motifs is 10. The van der Waals surface area contributed by atoms with Gasteiger partial charge in [-0.1, -0.05) is 18.2 Å². The Morgan fingerprint density at radius 2 is 1.05 bits per heavy atom. The van der Waals surface area contributed by atoms with E-state index in [4.69, 9.17) is 4.74 Å². The summed E-state index contributed by atoms with van der Waals surface area (Å²) in [4.78, 5) is 50.7. The van der Waals surface area contributed by atoms with Crippen LogP contribution in [-0.4, -0.2) is 23.9 Å². The van der Waals surface area contributed by atoms with Crippen molar-refractivity contribution in [2.24, 2.45) is 0 Å². The summed E-state index contributed by atoms with van der Waals surface area (Å²) in [7, 11) is 0. The first-order valence-corrected chi connectivity index (χ1v) is 12.7. The zero-order valence-electron chi connectivity index (χ0n) is 21.0. The van der Waals surface area contributed by atoms with E-state index in [-0.39, 0.29) is 39.3 Å². The number of hydrogen-bond donors (Lipinski definition) is 4. The zero-order chi connectivity index (χ0) is 29.1. The molecule has 2 unspecified atom stereocenters. The van der Waals surface area contributed by atoms with Gasteiger partial charge in [-0.3, -0.25) is 20.2 Å². The molecule has 9 nitrogen and oxygen atoms in total. The topological polar surface area (TPSA) is 126 Å². The van der Waals surface area contributed by atoms with Gasteiger partial charge in [-0.25, -0.2) is 22.8 Å². The summed E-state index contributed by atoms with van der Waals surface area (Å²) in [6.07, 6.45) is 0. The van der Waals surface area contributed by atoms with Gasteiger partial charge < -0.3 is 15.4 Å². The Hall–Kier alpha value is -5.65. The molecule has 2 aliphatic carbocycles.